The summed E-state index contributed by atoms with van der Waals surface area (Å²) < 4.78 is 16.7. The monoisotopic (exact) mass is 1020 g/mol. The van der Waals surface area contributed by atoms with E-state index in [0.717, 1.165) is 148 Å². The van der Waals surface area contributed by atoms with Gasteiger partial charge in [-0.2, -0.15) is 0 Å². The third-order valence-electron chi connectivity index (χ3n) is 12.4. The summed E-state index contributed by atoms with van der Waals surface area (Å²) in [6.07, 6.45) is 86.3. The minimum absolute atomic E-state index is 0.0917. The van der Waals surface area contributed by atoms with Gasteiger partial charge in [0.05, 0.1) is 0 Å². The van der Waals surface area contributed by atoms with E-state index in [9.17, 15) is 14.4 Å². The van der Waals surface area contributed by atoms with Gasteiger partial charge in [-0.1, -0.05) is 251 Å². The molecule has 0 aliphatic rings. The minimum atomic E-state index is -0.792. The van der Waals surface area contributed by atoms with E-state index in [-0.39, 0.29) is 31.1 Å². The van der Waals surface area contributed by atoms with Crippen LogP contribution in [0.3, 0.4) is 0 Å². The molecule has 0 bridgehead atoms. The Morgan fingerprint density at radius 2 is 0.527 bits per heavy atom. The topological polar surface area (TPSA) is 78.9 Å². The Balaban J connectivity index is 4.17. The van der Waals surface area contributed by atoms with Crippen molar-refractivity contribution in [3.63, 3.8) is 0 Å². The fourth-order valence-electron chi connectivity index (χ4n) is 7.88. The third-order valence-corrected chi connectivity index (χ3v) is 12.4. The maximum Gasteiger partial charge on any atom is 0.306 e. The Bertz CT molecular complexity index is 1600. The first kappa shape index (κ1) is 69.5. The normalized spacial score (nSPS) is 13.1. The van der Waals surface area contributed by atoms with Gasteiger partial charge in [0, 0.05) is 19.3 Å². The first-order chi connectivity index (χ1) is 36.5. The van der Waals surface area contributed by atoms with Crippen molar-refractivity contribution in [2.24, 2.45) is 0 Å². The van der Waals surface area contributed by atoms with Crippen LogP contribution in [0.15, 0.2) is 134 Å². The summed E-state index contributed by atoms with van der Waals surface area (Å²) >= 11 is 0. The lowest BCUT2D eigenvalue weighted by molar-refractivity contribution is -0.167. The van der Waals surface area contributed by atoms with E-state index in [1.807, 2.05) is 0 Å². The molecule has 1 atom stereocenters. The zero-order valence-corrected chi connectivity index (χ0v) is 47.8. The lowest BCUT2D eigenvalue weighted by atomic mass is 10.1. The molecule has 0 aliphatic heterocycles. The minimum Gasteiger partial charge on any atom is -0.462 e. The second kappa shape index (κ2) is 61.1. The summed E-state index contributed by atoms with van der Waals surface area (Å²) in [5, 5.41) is 0. The maximum absolute atomic E-state index is 12.8. The highest BCUT2D eigenvalue weighted by atomic mass is 16.6. The number of unbranched alkanes of at least 4 members (excludes halogenated alkanes) is 20. The zero-order chi connectivity index (χ0) is 53.6. The molecule has 0 saturated carbocycles. The molecule has 0 spiro atoms. The van der Waals surface area contributed by atoms with E-state index in [1.165, 1.54) is 70.6 Å². The summed E-state index contributed by atoms with van der Waals surface area (Å²) in [4.78, 5) is 37.9. The predicted molar refractivity (Wildman–Crippen MR) is 320 cm³/mol. The van der Waals surface area contributed by atoms with Gasteiger partial charge in [0.2, 0.25) is 0 Å². The van der Waals surface area contributed by atoms with Gasteiger partial charge < -0.3 is 14.2 Å². The SMILES string of the molecule is CC/C=C\C/C=C\C/C=C\C/C=C\C/C=C\C/C=C\C/C=C\C/C=C\C/C=C\C/C=C\CCCCCCC(=O)OCC(COC(=O)CCCCCCCC)OC(=O)CCCCCCC/C=C\CCCCCCCC. The molecule has 0 aromatic rings. The van der Waals surface area contributed by atoms with Gasteiger partial charge in [-0.3, -0.25) is 14.4 Å². The first-order valence-corrected chi connectivity index (χ1v) is 30.2. The van der Waals surface area contributed by atoms with Crippen LogP contribution in [-0.2, 0) is 28.6 Å². The van der Waals surface area contributed by atoms with E-state index in [4.69, 9.17) is 14.2 Å². The number of esters is 3. The highest BCUT2D eigenvalue weighted by molar-refractivity contribution is 5.71. The molecule has 0 heterocycles. The van der Waals surface area contributed by atoms with Crippen molar-refractivity contribution < 1.29 is 28.6 Å². The van der Waals surface area contributed by atoms with Crippen LogP contribution in [0.2, 0.25) is 0 Å². The third kappa shape index (κ3) is 58.4. The molecule has 418 valence electrons. The van der Waals surface area contributed by atoms with Gasteiger partial charge in [0.1, 0.15) is 13.2 Å². The fourth-order valence-corrected chi connectivity index (χ4v) is 7.88. The second-order valence-electron chi connectivity index (χ2n) is 19.5. The summed E-state index contributed by atoms with van der Waals surface area (Å²) in [6, 6.07) is 0. The van der Waals surface area contributed by atoms with Crippen molar-refractivity contribution in [3.8, 4) is 0 Å². The van der Waals surface area contributed by atoms with E-state index in [2.05, 4.69) is 154 Å². The standard InChI is InChI=1S/C68H110O6/c1-4-7-10-13-16-18-20-22-24-25-26-27-28-29-30-31-32-33-34-35-36-37-38-39-40-41-42-43-45-46-48-50-52-55-58-61-67(70)73-64-65(63-72-66(69)60-57-54-15-12-9-6-3)74-68(71)62-59-56-53-51-49-47-44-23-21-19-17-14-11-8-5-2/h7,10,16,18,22-24,26-27,29-30,32-33,35-36,38-39,41-42,44-46,65H,4-6,8-9,11-15,17,19-21,25,28,31,34,37,40,43,47-64H2,1-3H3/b10-7-,18-16-,24-22-,27-26-,30-29-,33-32-,36-35-,39-38-,42-41-,44-23-,46-45-. The molecule has 0 N–H and O–H groups in total. The molecule has 0 aliphatic carbocycles. The fraction of sp³-hybridized carbons (Fsp3) is 0.632. The number of hydrogen-bond acceptors (Lipinski definition) is 6. The molecule has 0 aromatic heterocycles. The number of rotatable bonds is 53. The molecule has 0 radical (unpaired) electrons. The van der Waals surface area contributed by atoms with Gasteiger partial charge in [-0.25, -0.2) is 0 Å². The van der Waals surface area contributed by atoms with E-state index < -0.39 is 6.10 Å². The van der Waals surface area contributed by atoms with Crippen molar-refractivity contribution in [3.05, 3.63) is 134 Å². The maximum atomic E-state index is 12.8. The van der Waals surface area contributed by atoms with Crippen molar-refractivity contribution in [1.82, 2.24) is 0 Å². The molecule has 0 saturated heterocycles. The van der Waals surface area contributed by atoms with Crippen molar-refractivity contribution in [1.29, 1.82) is 0 Å². The molecule has 0 aromatic carbocycles. The first-order valence-electron chi connectivity index (χ1n) is 30.2. The molecule has 0 rings (SSSR count). The Kier molecular flexibility index (Phi) is 57.4. The number of allylic oxidation sites excluding steroid dienone is 22. The van der Waals surface area contributed by atoms with Crippen LogP contribution in [0.1, 0.15) is 258 Å². The van der Waals surface area contributed by atoms with Crippen LogP contribution in [0.25, 0.3) is 0 Å². The highest BCUT2D eigenvalue weighted by Crippen LogP contribution is 2.13. The molecule has 6 nitrogen and oxygen atoms in total. The van der Waals surface area contributed by atoms with Gasteiger partial charge >= 0.3 is 17.9 Å². The Hall–Kier alpha value is -4.45. The van der Waals surface area contributed by atoms with Crippen LogP contribution < -0.4 is 0 Å². The van der Waals surface area contributed by atoms with Crippen LogP contribution in [0.4, 0.5) is 0 Å². The van der Waals surface area contributed by atoms with Crippen molar-refractivity contribution >= 4 is 17.9 Å². The van der Waals surface area contributed by atoms with Gasteiger partial charge in [-0.15, -0.1) is 0 Å². The molecular formula is C68H110O6. The average Bonchev–Trinajstić information content (AvgIpc) is 3.40. The summed E-state index contributed by atoms with van der Waals surface area (Å²) in [5.41, 5.74) is 0. The predicted octanol–water partition coefficient (Wildman–Crippen LogP) is 20.6. The van der Waals surface area contributed by atoms with Crippen LogP contribution in [0.5, 0.6) is 0 Å². The van der Waals surface area contributed by atoms with E-state index >= 15 is 0 Å². The molecule has 0 fully saturated rings. The zero-order valence-electron chi connectivity index (χ0n) is 47.8. The Morgan fingerprint density at radius 1 is 0.284 bits per heavy atom. The van der Waals surface area contributed by atoms with E-state index in [0.29, 0.717) is 19.3 Å². The Morgan fingerprint density at radius 3 is 0.838 bits per heavy atom. The van der Waals surface area contributed by atoms with Gasteiger partial charge in [0.25, 0.3) is 0 Å². The Labute approximate surface area is 455 Å². The second-order valence-corrected chi connectivity index (χ2v) is 19.5. The number of carbonyl (C=O) groups excluding carboxylic acids is 3. The van der Waals surface area contributed by atoms with Crippen LogP contribution in [-0.4, -0.2) is 37.2 Å². The molecule has 1 unspecified atom stereocenters. The largest absolute Gasteiger partial charge is 0.462 e. The van der Waals surface area contributed by atoms with Gasteiger partial charge in [0.15, 0.2) is 6.10 Å². The lowest BCUT2D eigenvalue weighted by Gasteiger charge is -2.18. The summed E-state index contributed by atoms with van der Waals surface area (Å²) in [5.74, 6) is -0.940. The molecule has 74 heavy (non-hydrogen) atoms. The molecule has 0 amide bonds. The molecule has 6 heteroatoms. The molecular weight excluding hydrogens is 913 g/mol. The number of ether oxygens (including phenoxy) is 3. The summed E-state index contributed by atoms with van der Waals surface area (Å²) in [7, 11) is 0. The van der Waals surface area contributed by atoms with Crippen LogP contribution in [0, 0.1) is 0 Å². The smallest absolute Gasteiger partial charge is 0.306 e. The highest BCUT2D eigenvalue weighted by Gasteiger charge is 2.19. The quantitative estimate of drug-likeness (QED) is 0.0261. The number of carbonyl (C=O) groups is 3. The average molecular weight is 1020 g/mol. The van der Waals surface area contributed by atoms with Crippen LogP contribution >= 0.6 is 0 Å². The lowest BCUT2D eigenvalue weighted by Crippen LogP contribution is -2.30. The van der Waals surface area contributed by atoms with E-state index in [1.54, 1.807) is 0 Å². The van der Waals surface area contributed by atoms with Gasteiger partial charge in [-0.05, 0) is 122 Å². The number of hydrogen-bond donors (Lipinski definition) is 0. The summed E-state index contributed by atoms with van der Waals surface area (Å²) in [6.45, 7) is 6.42. The van der Waals surface area contributed by atoms with Crippen molar-refractivity contribution in [2.45, 2.75) is 264 Å². The van der Waals surface area contributed by atoms with Crippen molar-refractivity contribution in [2.75, 3.05) is 13.2 Å².